The highest BCUT2D eigenvalue weighted by atomic mass is 31.3. The number of nitrogens with zero attached hydrogens (tertiary/aromatic N) is 3. The number of aromatic nitrogens is 4. The molecular weight excluding hydrogens is 746 g/mol. The average Bonchev–Trinajstić information content (AvgIpc) is 3.42. The standard InChI is InChI=1S/C18H27N5O21P4/c19-11-1-3-22(17(28)20-11)13-5-8(24)9(40-13)6-38-45(30,31)42-47(34,35)44-48(36,37)43-46(32,33)39-7-10-14(26)15(27)16(41-10)23-4-2-12(25)21-18(23)29/h1-4,8-10,13-16,24,26-27H,5-7H2,(H,30,31)(H,32,33)(H,34,35)(H,36,37)(H2,19,20,28)(H,21,25,29)/p-4. The van der Waals surface area contributed by atoms with Gasteiger partial charge >= 0.3 is 11.4 Å². The van der Waals surface area contributed by atoms with Gasteiger partial charge in [0.25, 0.3) is 36.9 Å². The van der Waals surface area contributed by atoms with Gasteiger partial charge < -0.3 is 59.1 Å². The van der Waals surface area contributed by atoms with Crippen molar-refractivity contribution in [3.8, 4) is 0 Å². The number of aromatic amines is 1. The number of nitrogens with two attached hydrogens (primary N) is 1. The van der Waals surface area contributed by atoms with Crippen LogP contribution >= 0.6 is 31.3 Å². The molecule has 2 aromatic heterocycles. The fourth-order valence-electron chi connectivity index (χ4n) is 4.18. The number of H-pyrrole nitrogens is 1. The summed E-state index contributed by atoms with van der Waals surface area (Å²) in [5.74, 6) is -0.125. The van der Waals surface area contributed by atoms with E-state index >= 15 is 0 Å². The number of nitrogens with one attached hydrogen (secondary N) is 1. The van der Waals surface area contributed by atoms with E-state index in [2.05, 4.69) is 27.0 Å². The van der Waals surface area contributed by atoms with Gasteiger partial charge in [-0.1, -0.05) is 0 Å². The summed E-state index contributed by atoms with van der Waals surface area (Å²) in [6.45, 7) is -2.44. The van der Waals surface area contributed by atoms with Gasteiger partial charge in [0.2, 0.25) is 0 Å². The Bertz CT molecular complexity index is 1870. The van der Waals surface area contributed by atoms with Gasteiger partial charge in [-0.15, -0.1) is 0 Å². The molecule has 0 radical (unpaired) electrons. The number of hydrogen-bond acceptors (Lipinski definition) is 23. The van der Waals surface area contributed by atoms with Gasteiger partial charge in [-0.05, 0) is 6.07 Å². The SMILES string of the molecule is Nc1ccn(C2CC(O)C(COP(=O)([O-])OP(=O)([O-])OP(=O)([O-])OP(=O)([O-])OCC3OC(n4ccc(=O)[nH]c4=O)C(O)C3O)O2)c(=O)n1. The van der Waals surface area contributed by atoms with Gasteiger partial charge in [-0.3, -0.25) is 37.2 Å². The minimum absolute atomic E-state index is 0.125. The lowest BCUT2D eigenvalue weighted by atomic mass is 10.1. The van der Waals surface area contributed by atoms with Gasteiger partial charge in [0.1, 0.15) is 36.5 Å². The van der Waals surface area contributed by atoms with Crippen LogP contribution in [0.4, 0.5) is 5.82 Å². The summed E-state index contributed by atoms with van der Waals surface area (Å²) in [4.78, 5) is 88.4. The fraction of sp³-hybridized carbons (Fsp3) is 0.556. The molecule has 0 spiro atoms. The van der Waals surface area contributed by atoms with Gasteiger partial charge in [0.15, 0.2) is 6.23 Å². The van der Waals surface area contributed by atoms with Crippen molar-refractivity contribution in [2.75, 3.05) is 18.9 Å². The zero-order valence-corrected chi connectivity index (χ0v) is 26.9. The minimum Gasteiger partial charge on any atom is -0.756 e. The lowest BCUT2D eigenvalue weighted by Gasteiger charge is -2.36. The number of anilines is 1. The normalized spacial score (nSPS) is 31.0. The van der Waals surface area contributed by atoms with Crippen molar-refractivity contribution in [3.05, 3.63) is 55.8 Å². The number of phosphoric ester groups is 2. The van der Waals surface area contributed by atoms with Crippen molar-refractivity contribution in [1.29, 1.82) is 0 Å². The van der Waals surface area contributed by atoms with Crippen LogP contribution in [0, 0.1) is 0 Å². The van der Waals surface area contributed by atoms with Crippen LogP contribution in [-0.4, -0.2) is 78.2 Å². The molecule has 2 aliphatic heterocycles. The molecule has 0 bridgehead atoms. The Morgan fingerprint density at radius 3 is 1.94 bits per heavy atom. The summed E-state index contributed by atoms with van der Waals surface area (Å²) in [5.41, 5.74) is 2.58. The van der Waals surface area contributed by atoms with Crippen molar-refractivity contribution >= 4 is 37.1 Å². The molecule has 0 saturated carbocycles. The van der Waals surface area contributed by atoms with Gasteiger partial charge in [-0.2, -0.15) is 4.98 Å². The number of ether oxygens (including phenoxy) is 2. The maximum atomic E-state index is 12.0. The first-order valence-corrected chi connectivity index (χ1v) is 18.6. The Kier molecular flexibility index (Phi) is 11.7. The lowest BCUT2D eigenvalue weighted by Crippen LogP contribution is -2.37. The Balaban J connectivity index is 1.29. The van der Waals surface area contributed by atoms with Crippen LogP contribution in [-0.2, 0) is 49.7 Å². The quantitative estimate of drug-likeness (QED) is 0.112. The molecule has 48 heavy (non-hydrogen) atoms. The molecule has 4 rings (SSSR count). The van der Waals surface area contributed by atoms with Crippen LogP contribution in [0.1, 0.15) is 18.9 Å². The van der Waals surface area contributed by atoms with Gasteiger partial charge in [0.05, 0.1) is 19.3 Å². The van der Waals surface area contributed by atoms with E-state index in [1.807, 2.05) is 4.98 Å². The van der Waals surface area contributed by atoms with E-state index in [1.165, 1.54) is 12.3 Å². The number of aliphatic hydroxyl groups excluding tert-OH is 3. The van der Waals surface area contributed by atoms with Gasteiger partial charge in [0, 0.05) is 24.9 Å². The Hall–Kier alpha value is -2.28. The molecule has 270 valence electrons. The molecule has 2 aromatic rings. The van der Waals surface area contributed by atoms with Crippen LogP contribution in [0.25, 0.3) is 0 Å². The molecule has 30 heteroatoms. The van der Waals surface area contributed by atoms with Crippen LogP contribution in [0.5, 0.6) is 0 Å². The van der Waals surface area contributed by atoms with Crippen molar-refractivity contribution in [2.24, 2.45) is 0 Å². The molecule has 11 atom stereocenters. The van der Waals surface area contributed by atoms with E-state index in [0.29, 0.717) is 4.57 Å². The van der Waals surface area contributed by atoms with E-state index in [4.69, 9.17) is 15.2 Å². The zero-order valence-electron chi connectivity index (χ0n) is 23.4. The highest BCUT2D eigenvalue weighted by molar-refractivity contribution is 7.68. The number of aliphatic hydroxyl groups is 3. The van der Waals surface area contributed by atoms with Crippen molar-refractivity contribution in [2.45, 2.75) is 49.4 Å². The first kappa shape index (κ1) is 38.5. The van der Waals surface area contributed by atoms with Crippen LogP contribution in [0.2, 0.25) is 0 Å². The van der Waals surface area contributed by atoms with Crippen molar-refractivity contribution < 1.29 is 84.6 Å². The Morgan fingerprint density at radius 2 is 1.38 bits per heavy atom. The predicted octanol–water partition coefficient (Wildman–Crippen LogP) is -5.40. The topological polar surface area (TPSA) is 402 Å². The van der Waals surface area contributed by atoms with E-state index in [9.17, 15) is 67.5 Å². The molecule has 6 N–H and O–H groups in total. The molecule has 26 nitrogen and oxygen atoms in total. The Labute approximate surface area is 265 Å². The smallest absolute Gasteiger partial charge is 0.351 e. The number of hydrogen-bond donors (Lipinski definition) is 5. The molecule has 0 amide bonds. The summed E-state index contributed by atoms with van der Waals surface area (Å²) < 4.78 is 79.0. The predicted molar refractivity (Wildman–Crippen MR) is 140 cm³/mol. The number of nitrogen functional groups attached to an aromatic ring is 1. The maximum absolute atomic E-state index is 12.0. The zero-order chi connectivity index (χ0) is 35.8. The number of phosphoric acid groups is 4. The minimum atomic E-state index is -6.59. The fourth-order valence-corrected chi connectivity index (χ4v) is 8.93. The second-order valence-corrected chi connectivity index (χ2v) is 15.7. The van der Waals surface area contributed by atoms with Crippen LogP contribution in [0.3, 0.4) is 0 Å². The second kappa shape index (κ2) is 14.5. The molecule has 11 unspecified atom stereocenters. The first-order chi connectivity index (χ1) is 22.1. The molecule has 0 aromatic carbocycles. The monoisotopic (exact) mass is 769 g/mol. The second-order valence-electron chi connectivity index (χ2n) is 9.66. The van der Waals surface area contributed by atoms with E-state index < -0.39 is 104 Å². The van der Waals surface area contributed by atoms with Crippen molar-refractivity contribution in [1.82, 2.24) is 19.1 Å². The van der Waals surface area contributed by atoms with Crippen LogP contribution in [0.15, 0.2) is 38.9 Å². The van der Waals surface area contributed by atoms with Crippen LogP contribution < -0.4 is 42.2 Å². The van der Waals surface area contributed by atoms with E-state index in [1.54, 1.807) is 0 Å². The molecule has 2 aliphatic rings. The molecular formula is C18H23N5O21P4-4. The third-order valence-corrected chi connectivity index (χ3v) is 12.0. The van der Waals surface area contributed by atoms with Crippen molar-refractivity contribution in [3.63, 3.8) is 0 Å². The summed E-state index contributed by atoms with van der Waals surface area (Å²) in [6, 6.07) is 2.07. The maximum Gasteiger partial charge on any atom is 0.351 e. The summed E-state index contributed by atoms with van der Waals surface area (Å²) in [5, 5.41) is 30.4. The lowest BCUT2D eigenvalue weighted by molar-refractivity contribution is -0.255. The summed E-state index contributed by atoms with van der Waals surface area (Å²) in [7, 11) is -25.4. The molecule has 0 aliphatic carbocycles. The first-order valence-electron chi connectivity index (χ1n) is 12.8. The van der Waals surface area contributed by atoms with E-state index in [-0.39, 0.29) is 12.2 Å². The third-order valence-electron chi connectivity index (χ3n) is 6.22. The average molecular weight is 769 g/mol. The van der Waals surface area contributed by atoms with E-state index in [0.717, 1.165) is 16.8 Å². The third kappa shape index (κ3) is 9.91. The molecule has 4 heterocycles. The highest BCUT2D eigenvalue weighted by Gasteiger charge is 2.45. The molecule has 2 fully saturated rings. The summed E-state index contributed by atoms with van der Waals surface area (Å²) in [6.07, 6.45) is -9.78. The highest BCUT2D eigenvalue weighted by Crippen LogP contribution is 2.66. The molecule has 2 saturated heterocycles. The van der Waals surface area contributed by atoms with Gasteiger partial charge in [-0.25, -0.2) is 22.5 Å². The Morgan fingerprint density at radius 1 is 0.833 bits per heavy atom. The number of rotatable bonds is 14. The largest absolute Gasteiger partial charge is 0.756 e. The summed E-state index contributed by atoms with van der Waals surface area (Å²) >= 11 is 0.